The third kappa shape index (κ3) is 5.73. The molecule has 1 heterocycles. The van der Waals surface area contributed by atoms with Gasteiger partial charge in [0.2, 0.25) is 5.91 Å². The van der Waals surface area contributed by atoms with Crippen LogP contribution in [0.1, 0.15) is 23.5 Å². The Labute approximate surface area is 133 Å². The maximum Gasteiger partial charge on any atom is 0.220 e. The molecule has 1 aromatic carbocycles. The highest BCUT2D eigenvalue weighted by Crippen LogP contribution is 2.15. The molecule has 0 bridgehead atoms. The molecule has 1 amide bonds. The van der Waals surface area contributed by atoms with Crippen molar-refractivity contribution in [2.45, 2.75) is 26.3 Å². The molecule has 0 fully saturated rings. The van der Waals surface area contributed by atoms with Crippen LogP contribution in [0, 0.1) is 6.92 Å². The number of thiazole rings is 1. The zero-order chi connectivity index (χ0) is 15.1. The van der Waals surface area contributed by atoms with Gasteiger partial charge in [0, 0.05) is 16.8 Å². The van der Waals surface area contributed by atoms with E-state index in [2.05, 4.69) is 10.3 Å². The van der Waals surface area contributed by atoms with Crippen LogP contribution in [-0.2, 0) is 11.3 Å². The molecule has 21 heavy (non-hydrogen) atoms. The molecule has 1 aromatic heterocycles. The Morgan fingerprint density at radius 2 is 2.14 bits per heavy atom. The second-order valence-electron chi connectivity index (χ2n) is 4.54. The lowest BCUT2D eigenvalue weighted by Gasteiger charge is -2.06. The molecule has 0 atom stereocenters. The van der Waals surface area contributed by atoms with Gasteiger partial charge in [-0.1, -0.05) is 11.6 Å². The van der Waals surface area contributed by atoms with Crippen LogP contribution in [0.3, 0.4) is 0 Å². The smallest absolute Gasteiger partial charge is 0.220 e. The second kappa shape index (κ2) is 8.00. The standard InChI is InChI=1S/C15H17ClN2O2S/c1-11-18-13(10-21-11)9-17-15(19)3-2-8-20-14-6-4-12(16)5-7-14/h4-7,10H,2-3,8-9H2,1H3,(H,17,19). The molecular weight excluding hydrogens is 308 g/mol. The van der Waals surface area contributed by atoms with Crippen LogP contribution in [0.15, 0.2) is 29.6 Å². The lowest BCUT2D eigenvalue weighted by Crippen LogP contribution is -2.23. The molecule has 0 aliphatic rings. The Hall–Kier alpha value is -1.59. The van der Waals surface area contributed by atoms with Crippen molar-refractivity contribution in [1.29, 1.82) is 0 Å². The molecule has 0 aliphatic carbocycles. The van der Waals surface area contributed by atoms with Gasteiger partial charge in [0.25, 0.3) is 0 Å². The van der Waals surface area contributed by atoms with Crippen molar-refractivity contribution in [3.05, 3.63) is 45.4 Å². The first-order valence-corrected chi connectivity index (χ1v) is 7.95. The fourth-order valence-corrected chi connectivity index (χ4v) is 2.46. The highest BCUT2D eigenvalue weighted by molar-refractivity contribution is 7.09. The van der Waals surface area contributed by atoms with Crippen molar-refractivity contribution in [2.24, 2.45) is 0 Å². The van der Waals surface area contributed by atoms with Gasteiger partial charge in [0.05, 0.1) is 23.9 Å². The van der Waals surface area contributed by atoms with Crippen LogP contribution in [-0.4, -0.2) is 17.5 Å². The van der Waals surface area contributed by atoms with Gasteiger partial charge >= 0.3 is 0 Å². The summed E-state index contributed by atoms with van der Waals surface area (Å²) in [6, 6.07) is 7.18. The van der Waals surface area contributed by atoms with Crippen LogP contribution in [0.5, 0.6) is 5.75 Å². The molecule has 112 valence electrons. The van der Waals surface area contributed by atoms with Gasteiger partial charge in [-0.2, -0.15) is 0 Å². The number of hydrogen-bond donors (Lipinski definition) is 1. The third-order valence-corrected chi connectivity index (χ3v) is 3.84. The molecule has 1 N–H and O–H groups in total. The van der Waals surface area contributed by atoms with Gasteiger partial charge in [0.15, 0.2) is 0 Å². The van der Waals surface area contributed by atoms with E-state index in [1.807, 2.05) is 24.4 Å². The number of carbonyl (C=O) groups excluding carboxylic acids is 1. The number of nitrogens with one attached hydrogen (secondary N) is 1. The summed E-state index contributed by atoms with van der Waals surface area (Å²) >= 11 is 7.37. The van der Waals surface area contributed by atoms with E-state index in [4.69, 9.17) is 16.3 Å². The first-order valence-electron chi connectivity index (χ1n) is 6.69. The summed E-state index contributed by atoms with van der Waals surface area (Å²) < 4.78 is 5.53. The average molecular weight is 325 g/mol. The van der Waals surface area contributed by atoms with Crippen molar-refractivity contribution >= 4 is 28.8 Å². The van der Waals surface area contributed by atoms with Crippen LogP contribution in [0.4, 0.5) is 0 Å². The molecule has 0 unspecified atom stereocenters. The molecule has 0 saturated heterocycles. The number of hydrogen-bond acceptors (Lipinski definition) is 4. The summed E-state index contributed by atoms with van der Waals surface area (Å²) in [6.45, 7) is 2.94. The first kappa shape index (κ1) is 15.8. The molecule has 2 aromatic rings. The number of ether oxygens (including phenoxy) is 1. The van der Waals surface area contributed by atoms with Crippen molar-refractivity contribution in [3.63, 3.8) is 0 Å². The molecule has 6 heteroatoms. The third-order valence-electron chi connectivity index (χ3n) is 2.76. The predicted molar refractivity (Wildman–Crippen MR) is 84.9 cm³/mol. The summed E-state index contributed by atoms with van der Waals surface area (Å²) in [5, 5.41) is 6.50. The number of aromatic nitrogens is 1. The minimum atomic E-state index is 0.0142. The minimum absolute atomic E-state index is 0.0142. The Bertz CT molecular complexity index is 584. The average Bonchev–Trinajstić information content (AvgIpc) is 2.89. The molecule has 4 nitrogen and oxygen atoms in total. The Balaban J connectivity index is 1.59. The Morgan fingerprint density at radius 1 is 1.38 bits per heavy atom. The Kier molecular flexibility index (Phi) is 6.02. The van der Waals surface area contributed by atoms with E-state index in [1.165, 1.54) is 0 Å². The number of nitrogens with zero attached hydrogens (tertiary/aromatic N) is 1. The van der Waals surface area contributed by atoms with Crippen molar-refractivity contribution in [2.75, 3.05) is 6.61 Å². The summed E-state index contributed by atoms with van der Waals surface area (Å²) in [7, 11) is 0. The molecule has 0 aliphatic heterocycles. The maximum atomic E-state index is 11.7. The van der Waals surface area contributed by atoms with E-state index in [9.17, 15) is 4.79 Å². The van der Waals surface area contributed by atoms with Gasteiger partial charge in [-0.3, -0.25) is 4.79 Å². The summed E-state index contributed by atoms with van der Waals surface area (Å²) in [4.78, 5) is 16.0. The first-order chi connectivity index (χ1) is 10.1. The quantitative estimate of drug-likeness (QED) is 0.792. The van der Waals surface area contributed by atoms with E-state index >= 15 is 0 Å². The summed E-state index contributed by atoms with van der Waals surface area (Å²) in [5.41, 5.74) is 0.906. The van der Waals surface area contributed by atoms with Gasteiger partial charge in [-0.05, 0) is 37.6 Å². The molecule has 2 rings (SSSR count). The summed E-state index contributed by atoms with van der Waals surface area (Å²) in [6.07, 6.45) is 1.11. The van der Waals surface area contributed by atoms with Crippen molar-refractivity contribution in [3.8, 4) is 5.75 Å². The topological polar surface area (TPSA) is 51.2 Å². The molecular formula is C15H17ClN2O2S. The number of amides is 1. The minimum Gasteiger partial charge on any atom is -0.494 e. The van der Waals surface area contributed by atoms with Gasteiger partial charge in [-0.25, -0.2) is 4.98 Å². The lowest BCUT2D eigenvalue weighted by molar-refractivity contribution is -0.121. The van der Waals surface area contributed by atoms with E-state index < -0.39 is 0 Å². The zero-order valence-electron chi connectivity index (χ0n) is 11.8. The highest BCUT2D eigenvalue weighted by atomic mass is 35.5. The van der Waals surface area contributed by atoms with Crippen LogP contribution in [0.25, 0.3) is 0 Å². The Morgan fingerprint density at radius 3 is 2.81 bits per heavy atom. The molecule has 0 saturated carbocycles. The van der Waals surface area contributed by atoms with Gasteiger partial charge < -0.3 is 10.1 Å². The molecule has 0 spiro atoms. The number of halogens is 1. The molecule has 0 radical (unpaired) electrons. The maximum absolute atomic E-state index is 11.7. The largest absolute Gasteiger partial charge is 0.494 e. The van der Waals surface area contributed by atoms with E-state index in [0.717, 1.165) is 16.5 Å². The monoisotopic (exact) mass is 324 g/mol. The van der Waals surface area contributed by atoms with Crippen LogP contribution < -0.4 is 10.1 Å². The number of aryl methyl sites for hydroxylation is 1. The van der Waals surface area contributed by atoms with E-state index in [-0.39, 0.29) is 5.91 Å². The number of rotatable bonds is 7. The van der Waals surface area contributed by atoms with E-state index in [1.54, 1.807) is 23.5 Å². The predicted octanol–water partition coefficient (Wildman–Crippen LogP) is 3.58. The van der Waals surface area contributed by atoms with Crippen LogP contribution >= 0.6 is 22.9 Å². The zero-order valence-corrected chi connectivity index (χ0v) is 13.3. The fourth-order valence-electron chi connectivity index (χ4n) is 1.72. The van der Waals surface area contributed by atoms with Crippen molar-refractivity contribution in [1.82, 2.24) is 10.3 Å². The van der Waals surface area contributed by atoms with Crippen molar-refractivity contribution < 1.29 is 9.53 Å². The van der Waals surface area contributed by atoms with Gasteiger partial charge in [-0.15, -0.1) is 11.3 Å². The normalized spacial score (nSPS) is 10.4. The number of benzene rings is 1. The van der Waals surface area contributed by atoms with Crippen LogP contribution in [0.2, 0.25) is 5.02 Å². The van der Waals surface area contributed by atoms with E-state index in [0.29, 0.717) is 31.0 Å². The second-order valence-corrected chi connectivity index (χ2v) is 6.04. The fraction of sp³-hybridized carbons (Fsp3) is 0.333. The number of carbonyl (C=O) groups is 1. The summed E-state index contributed by atoms with van der Waals surface area (Å²) in [5.74, 6) is 0.776. The SMILES string of the molecule is Cc1nc(CNC(=O)CCCOc2ccc(Cl)cc2)cs1. The lowest BCUT2D eigenvalue weighted by atomic mass is 10.3. The van der Waals surface area contributed by atoms with Gasteiger partial charge in [0.1, 0.15) is 5.75 Å². The highest BCUT2D eigenvalue weighted by Gasteiger charge is 2.03.